The predicted molar refractivity (Wildman–Crippen MR) is 94.8 cm³/mol. The number of pyridine rings is 1. The number of aromatic nitrogens is 1. The van der Waals surface area contributed by atoms with Crippen molar-refractivity contribution >= 4 is 10.9 Å². The minimum absolute atomic E-state index is 0.530. The van der Waals surface area contributed by atoms with E-state index in [1.165, 1.54) is 0 Å². The minimum Gasteiger partial charge on any atom is -0.497 e. The molecule has 0 bridgehead atoms. The van der Waals surface area contributed by atoms with E-state index in [9.17, 15) is 5.11 Å². The Morgan fingerprint density at radius 1 is 1.22 bits per heavy atom. The highest BCUT2D eigenvalue weighted by atomic mass is 16.5. The zero-order chi connectivity index (χ0) is 16.8. The summed E-state index contributed by atoms with van der Waals surface area (Å²) in [4.78, 5) is 6.72. The van der Waals surface area contributed by atoms with E-state index in [-0.39, 0.29) is 0 Å². The van der Waals surface area contributed by atoms with Gasteiger partial charge in [-0.2, -0.15) is 0 Å². The smallest absolute Gasteiger partial charge is 0.119 e. The summed E-state index contributed by atoms with van der Waals surface area (Å²) in [5.41, 5.74) is 1.80. The van der Waals surface area contributed by atoms with Crippen LogP contribution in [0.3, 0.4) is 0 Å². The van der Waals surface area contributed by atoms with Gasteiger partial charge in [0.05, 0.1) is 18.7 Å². The summed E-state index contributed by atoms with van der Waals surface area (Å²) in [5.74, 6) is 1.37. The predicted octanol–water partition coefficient (Wildman–Crippen LogP) is 3.64. The molecule has 4 heteroatoms. The van der Waals surface area contributed by atoms with Crippen LogP contribution in [0.4, 0.5) is 0 Å². The molecule has 0 aliphatic heterocycles. The molecule has 1 heterocycles. The van der Waals surface area contributed by atoms with Gasteiger partial charge in [0.25, 0.3) is 0 Å². The Kier molecular flexibility index (Phi) is 6.37. The summed E-state index contributed by atoms with van der Waals surface area (Å²) in [5, 5.41) is 11.7. The van der Waals surface area contributed by atoms with Crippen molar-refractivity contribution < 1.29 is 9.84 Å². The summed E-state index contributed by atoms with van der Waals surface area (Å²) in [6, 6.07) is 7.69. The van der Waals surface area contributed by atoms with Crippen LogP contribution in [0.2, 0.25) is 0 Å². The van der Waals surface area contributed by atoms with E-state index < -0.39 is 6.10 Å². The Labute approximate surface area is 139 Å². The van der Waals surface area contributed by atoms with Crippen LogP contribution in [0, 0.1) is 5.92 Å². The maximum atomic E-state index is 10.8. The van der Waals surface area contributed by atoms with Crippen molar-refractivity contribution in [1.82, 2.24) is 9.88 Å². The number of ether oxygens (including phenoxy) is 1. The lowest BCUT2D eigenvalue weighted by Gasteiger charge is -2.26. The third kappa shape index (κ3) is 4.66. The number of aliphatic hydroxyl groups excluding tert-OH is 1. The molecule has 0 aliphatic carbocycles. The number of hydrogen-bond donors (Lipinski definition) is 1. The fourth-order valence-electron chi connectivity index (χ4n) is 3.00. The number of fused-ring (bicyclic) bond motifs is 1. The van der Waals surface area contributed by atoms with Crippen LogP contribution in [0.25, 0.3) is 10.9 Å². The molecule has 1 aromatic carbocycles. The lowest BCUT2D eigenvalue weighted by atomic mass is 10.0. The summed E-state index contributed by atoms with van der Waals surface area (Å²) in [6.45, 7) is 9.23. The Bertz CT molecular complexity index is 628. The van der Waals surface area contributed by atoms with Crippen molar-refractivity contribution in [1.29, 1.82) is 0 Å². The van der Waals surface area contributed by atoms with Gasteiger partial charge in [-0.3, -0.25) is 4.98 Å². The van der Waals surface area contributed by atoms with Crippen LogP contribution in [0.5, 0.6) is 5.75 Å². The van der Waals surface area contributed by atoms with Crippen LogP contribution in [0.15, 0.2) is 30.5 Å². The van der Waals surface area contributed by atoms with Crippen molar-refractivity contribution in [3.8, 4) is 5.75 Å². The van der Waals surface area contributed by atoms with Crippen molar-refractivity contribution in [3.05, 3.63) is 36.0 Å². The highest BCUT2D eigenvalue weighted by Crippen LogP contribution is 2.27. The van der Waals surface area contributed by atoms with Crippen molar-refractivity contribution in [3.63, 3.8) is 0 Å². The second-order valence-corrected chi connectivity index (χ2v) is 6.45. The highest BCUT2D eigenvalue weighted by molar-refractivity contribution is 5.83. The minimum atomic E-state index is -0.530. The molecule has 4 nitrogen and oxygen atoms in total. The third-order valence-corrected chi connectivity index (χ3v) is 3.94. The van der Waals surface area contributed by atoms with Crippen molar-refractivity contribution in [2.75, 3.05) is 26.7 Å². The molecule has 2 rings (SSSR count). The van der Waals surface area contributed by atoms with Gasteiger partial charge >= 0.3 is 0 Å². The lowest BCUT2D eigenvalue weighted by molar-refractivity contribution is 0.107. The number of rotatable bonds is 8. The van der Waals surface area contributed by atoms with Gasteiger partial charge in [0.15, 0.2) is 0 Å². The number of nitrogens with zero attached hydrogens (tertiary/aromatic N) is 2. The topological polar surface area (TPSA) is 45.6 Å². The monoisotopic (exact) mass is 316 g/mol. The maximum absolute atomic E-state index is 10.8. The SMILES string of the molecule is CCCN(CC(C)C)CC(O)c1ccnc2ccc(OC)cc12. The molecule has 0 aliphatic rings. The number of aliphatic hydroxyl groups is 1. The van der Waals surface area contributed by atoms with Gasteiger partial charge in [0, 0.05) is 24.7 Å². The zero-order valence-electron chi connectivity index (χ0n) is 14.6. The first kappa shape index (κ1) is 17.7. The zero-order valence-corrected chi connectivity index (χ0v) is 14.6. The first-order valence-corrected chi connectivity index (χ1v) is 8.38. The molecular formula is C19H28N2O2. The van der Waals surface area contributed by atoms with Gasteiger partial charge in [0.2, 0.25) is 0 Å². The van der Waals surface area contributed by atoms with Crippen LogP contribution < -0.4 is 4.74 Å². The molecule has 0 fully saturated rings. The van der Waals surface area contributed by atoms with Gasteiger partial charge in [-0.25, -0.2) is 0 Å². The molecule has 0 saturated carbocycles. The molecule has 0 radical (unpaired) electrons. The second kappa shape index (κ2) is 8.27. The Morgan fingerprint density at radius 2 is 2.00 bits per heavy atom. The maximum Gasteiger partial charge on any atom is 0.119 e. The van der Waals surface area contributed by atoms with Crippen LogP contribution in [-0.2, 0) is 0 Å². The van der Waals surface area contributed by atoms with Gasteiger partial charge in [0.1, 0.15) is 5.75 Å². The van der Waals surface area contributed by atoms with Crippen LogP contribution >= 0.6 is 0 Å². The second-order valence-electron chi connectivity index (χ2n) is 6.45. The molecule has 23 heavy (non-hydrogen) atoms. The molecule has 0 amide bonds. The average molecular weight is 316 g/mol. The van der Waals surface area contributed by atoms with E-state index in [0.29, 0.717) is 12.5 Å². The summed E-state index contributed by atoms with van der Waals surface area (Å²) >= 11 is 0. The average Bonchev–Trinajstić information content (AvgIpc) is 2.53. The number of benzene rings is 1. The largest absolute Gasteiger partial charge is 0.497 e. The number of methoxy groups -OCH3 is 1. The van der Waals surface area contributed by atoms with Crippen molar-refractivity contribution in [2.24, 2.45) is 5.92 Å². The fourth-order valence-corrected chi connectivity index (χ4v) is 3.00. The van der Waals surface area contributed by atoms with Gasteiger partial charge in [-0.15, -0.1) is 0 Å². The molecular weight excluding hydrogens is 288 g/mol. The quantitative estimate of drug-likeness (QED) is 0.807. The standard InChI is InChI=1S/C19H28N2O2/c1-5-10-21(12-14(2)3)13-19(22)16-8-9-20-18-7-6-15(23-4)11-17(16)18/h6-9,11,14,19,22H,5,10,12-13H2,1-4H3. The molecule has 1 unspecified atom stereocenters. The number of hydrogen-bond acceptors (Lipinski definition) is 4. The molecule has 2 aromatic rings. The van der Waals surface area contributed by atoms with Gasteiger partial charge in [-0.05, 0) is 48.7 Å². The van der Waals surface area contributed by atoms with E-state index in [2.05, 4.69) is 30.7 Å². The molecule has 1 atom stereocenters. The molecule has 1 aromatic heterocycles. The first-order valence-electron chi connectivity index (χ1n) is 8.38. The Balaban J connectivity index is 2.26. The molecule has 1 N–H and O–H groups in total. The van der Waals surface area contributed by atoms with Crippen LogP contribution in [0.1, 0.15) is 38.9 Å². The van der Waals surface area contributed by atoms with Crippen LogP contribution in [-0.4, -0.2) is 41.7 Å². The van der Waals surface area contributed by atoms with E-state index in [1.807, 2.05) is 24.3 Å². The van der Waals surface area contributed by atoms with Crippen molar-refractivity contribution in [2.45, 2.75) is 33.3 Å². The van der Waals surface area contributed by atoms with Gasteiger partial charge < -0.3 is 14.7 Å². The summed E-state index contributed by atoms with van der Waals surface area (Å²) < 4.78 is 5.31. The third-order valence-electron chi connectivity index (χ3n) is 3.94. The molecule has 0 saturated heterocycles. The fraction of sp³-hybridized carbons (Fsp3) is 0.526. The van der Waals surface area contributed by atoms with E-state index >= 15 is 0 Å². The Hall–Kier alpha value is -1.65. The first-order chi connectivity index (χ1) is 11.0. The van der Waals surface area contributed by atoms with Gasteiger partial charge in [-0.1, -0.05) is 20.8 Å². The Morgan fingerprint density at radius 3 is 2.65 bits per heavy atom. The van der Waals surface area contributed by atoms with E-state index in [0.717, 1.165) is 41.7 Å². The van der Waals surface area contributed by atoms with E-state index in [4.69, 9.17) is 4.74 Å². The highest BCUT2D eigenvalue weighted by Gasteiger charge is 2.17. The lowest BCUT2D eigenvalue weighted by Crippen LogP contribution is -2.32. The molecule has 126 valence electrons. The molecule has 0 spiro atoms. The summed E-state index contributed by atoms with van der Waals surface area (Å²) in [6.07, 6.45) is 2.32. The van der Waals surface area contributed by atoms with E-state index in [1.54, 1.807) is 13.3 Å². The summed E-state index contributed by atoms with van der Waals surface area (Å²) in [7, 11) is 1.65. The normalized spacial score (nSPS) is 13.0.